The number of halogens is 1. The van der Waals surface area contributed by atoms with Crippen molar-refractivity contribution in [2.45, 2.75) is 52.0 Å². The van der Waals surface area contributed by atoms with Gasteiger partial charge in [0.1, 0.15) is 0 Å². The molecule has 18 heavy (non-hydrogen) atoms. The van der Waals surface area contributed by atoms with Gasteiger partial charge < -0.3 is 5.32 Å². The predicted molar refractivity (Wildman–Crippen MR) is 81.8 cm³/mol. The van der Waals surface area contributed by atoms with E-state index in [2.05, 4.69) is 59.4 Å². The Labute approximate surface area is 119 Å². The maximum atomic E-state index is 3.72. The van der Waals surface area contributed by atoms with Crippen molar-refractivity contribution in [3.8, 4) is 0 Å². The monoisotopic (exact) mass is 309 g/mol. The summed E-state index contributed by atoms with van der Waals surface area (Å²) in [5, 5.41) is 3.72. The summed E-state index contributed by atoms with van der Waals surface area (Å²) in [6.45, 7) is 5.83. The molecule has 1 aromatic rings. The SMILES string of the molecule is CC(NCC1(C)CCCCC1)c1ccccc1Br. The van der Waals surface area contributed by atoms with Gasteiger partial charge in [0.2, 0.25) is 0 Å². The van der Waals surface area contributed by atoms with Gasteiger partial charge in [0.05, 0.1) is 0 Å². The van der Waals surface area contributed by atoms with E-state index in [1.807, 2.05) is 0 Å². The lowest BCUT2D eigenvalue weighted by Gasteiger charge is -2.35. The fourth-order valence-electron chi connectivity index (χ4n) is 2.92. The molecule has 0 saturated heterocycles. The molecule has 0 amide bonds. The summed E-state index contributed by atoms with van der Waals surface area (Å²) >= 11 is 3.64. The zero-order valence-corrected chi connectivity index (χ0v) is 13.1. The molecule has 1 N–H and O–H groups in total. The summed E-state index contributed by atoms with van der Waals surface area (Å²) in [4.78, 5) is 0. The van der Waals surface area contributed by atoms with E-state index in [4.69, 9.17) is 0 Å². The van der Waals surface area contributed by atoms with E-state index < -0.39 is 0 Å². The van der Waals surface area contributed by atoms with Gasteiger partial charge in [-0.15, -0.1) is 0 Å². The molecule has 1 aliphatic carbocycles. The minimum absolute atomic E-state index is 0.416. The molecule has 1 unspecified atom stereocenters. The summed E-state index contributed by atoms with van der Waals surface area (Å²) in [5.74, 6) is 0. The highest BCUT2D eigenvalue weighted by Crippen LogP contribution is 2.35. The maximum Gasteiger partial charge on any atom is 0.0303 e. The minimum Gasteiger partial charge on any atom is -0.310 e. The number of hydrogen-bond acceptors (Lipinski definition) is 1. The van der Waals surface area contributed by atoms with Gasteiger partial charge in [0.15, 0.2) is 0 Å². The van der Waals surface area contributed by atoms with E-state index in [0.717, 1.165) is 6.54 Å². The van der Waals surface area contributed by atoms with Crippen molar-refractivity contribution >= 4 is 15.9 Å². The standard InChI is InChI=1S/C16H24BrN/c1-13(14-8-4-5-9-15(14)17)18-12-16(2)10-6-3-7-11-16/h4-5,8-9,13,18H,3,6-7,10-12H2,1-2H3. The zero-order valence-electron chi connectivity index (χ0n) is 11.5. The Kier molecular flexibility index (Phi) is 4.85. The average molecular weight is 310 g/mol. The molecule has 0 radical (unpaired) electrons. The fourth-order valence-corrected chi connectivity index (χ4v) is 3.55. The van der Waals surface area contributed by atoms with Crippen LogP contribution in [0.25, 0.3) is 0 Å². The lowest BCUT2D eigenvalue weighted by molar-refractivity contribution is 0.202. The lowest BCUT2D eigenvalue weighted by atomic mass is 9.75. The van der Waals surface area contributed by atoms with Gasteiger partial charge in [-0.05, 0) is 36.8 Å². The molecule has 1 fully saturated rings. The van der Waals surface area contributed by atoms with Gasteiger partial charge in [-0.3, -0.25) is 0 Å². The van der Waals surface area contributed by atoms with Crippen molar-refractivity contribution in [1.29, 1.82) is 0 Å². The Morgan fingerprint density at radius 3 is 2.56 bits per heavy atom. The van der Waals surface area contributed by atoms with Crippen LogP contribution in [0.15, 0.2) is 28.7 Å². The van der Waals surface area contributed by atoms with E-state index in [1.54, 1.807) is 0 Å². The third-order valence-corrected chi connectivity index (χ3v) is 4.99. The normalized spacial score (nSPS) is 20.6. The molecule has 1 atom stereocenters. The maximum absolute atomic E-state index is 3.72. The summed E-state index contributed by atoms with van der Waals surface area (Å²) in [7, 11) is 0. The molecule has 2 heteroatoms. The molecular formula is C16H24BrN. The van der Waals surface area contributed by atoms with E-state index in [-0.39, 0.29) is 0 Å². The second-order valence-corrected chi connectivity index (χ2v) is 6.85. The first-order valence-electron chi connectivity index (χ1n) is 7.09. The molecule has 1 nitrogen and oxygen atoms in total. The Bertz CT molecular complexity index is 382. The van der Waals surface area contributed by atoms with Gasteiger partial charge in [0.25, 0.3) is 0 Å². The summed E-state index contributed by atoms with van der Waals surface area (Å²) in [6, 6.07) is 8.92. The molecule has 100 valence electrons. The lowest BCUT2D eigenvalue weighted by Crippen LogP contribution is -2.35. The Morgan fingerprint density at radius 1 is 1.22 bits per heavy atom. The van der Waals surface area contributed by atoms with Crippen LogP contribution in [0.1, 0.15) is 57.6 Å². The second-order valence-electron chi connectivity index (χ2n) is 6.00. The topological polar surface area (TPSA) is 12.0 Å². The van der Waals surface area contributed by atoms with Crippen molar-refractivity contribution in [3.63, 3.8) is 0 Å². The molecular weight excluding hydrogens is 286 g/mol. The summed E-state index contributed by atoms with van der Waals surface area (Å²) < 4.78 is 1.21. The highest BCUT2D eigenvalue weighted by atomic mass is 79.9. The van der Waals surface area contributed by atoms with Crippen molar-refractivity contribution in [1.82, 2.24) is 5.32 Å². The predicted octanol–water partition coefficient (Wildman–Crippen LogP) is 5.07. The van der Waals surface area contributed by atoms with E-state index in [1.165, 1.54) is 42.1 Å². The Balaban J connectivity index is 1.92. The Hall–Kier alpha value is -0.340. The first-order chi connectivity index (χ1) is 8.61. The van der Waals surface area contributed by atoms with Gasteiger partial charge in [-0.25, -0.2) is 0 Å². The number of hydrogen-bond donors (Lipinski definition) is 1. The zero-order chi connectivity index (χ0) is 13.0. The first kappa shape index (κ1) is 14.1. The van der Waals surface area contributed by atoms with Gasteiger partial charge in [0, 0.05) is 17.1 Å². The van der Waals surface area contributed by atoms with Crippen LogP contribution >= 0.6 is 15.9 Å². The number of benzene rings is 1. The molecule has 1 aliphatic rings. The van der Waals surface area contributed by atoms with Crippen LogP contribution in [-0.2, 0) is 0 Å². The van der Waals surface area contributed by atoms with E-state index in [0.29, 0.717) is 11.5 Å². The highest BCUT2D eigenvalue weighted by Gasteiger charge is 2.27. The summed E-state index contributed by atoms with van der Waals surface area (Å²) in [6.07, 6.45) is 6.99. The van der Waals surface area contributed by atoms with E-state index >= 15 is 0 Å². The van der Waals surface area contributed by atoms with E-state index in [9.17, 15) is 0 Å². The van der Waals surface area contributed by atoms with Crippen molar-refractivity contribution < 1.29 is 0 Å². The number of rotatable bonds is 4. The smallest absolute Gasteiger partial charge is 0.0303 e. The van der Waals surface area contributed by atoms with Gasteiger partial charge >= 0.3 is 0 Å². The molecule has 2 rings (SSSR count). The molecule has 1 aromatic carbocycles. The van der Waals surface area contributed by atoms with Crippen LogP contribution in [0.5, 0.6) is 0 Å². The van der Waals surface area contributed by atoms with Crippen LogP contribution in [-0.4, -0.2) is 6.54 Å². The fraction of sp³-hybridized carbons (Fsp3) is 0.625. The summed E-state index contributed by atoms with van der Waals surface area (Å²) in [5.41, 5.74) is 1.87. The van der Waals surface area contributed by atoms with Crippen LogP contribution < -0.4 is 5.32 Å². The molecule has 0 bridgehead atoms. The molecule has 0 aromatic heterocycles. The molecule has 0 heterocycles. The second kappa shape index (κ2) is 6.21. The number of nitrogens with one attached hydrogen (secondary N) is 1. The van der Waals surface area contributed by atoms with Crippen molar-refractivity contribution in [2.75, 3.05) is 6.54 Å². The Morgan fingerprint density at radius 2 is 1.89 bits per heavy atom. The molecule has 0 aliphatic heterocycles. The largest absolute Gasteiger partial charge is 0.310 e. The van der Waals surface area contributed by atoms with Gasteiger partial charge in [-0.1, -0.05) is 60.3 Å². The average Bonchev–Trinajstić information content (AvgIpc) is 2.38. The minimum atomic E-state index is 0.416. The quantitative estimate of drug-likeness (QED) is 0.818. The van der Waals surface area contributed by atoms with Gasteiger partial charge in [-0.2, -0.15) is 0 Å². The van der Waals surface area contributed by atoms with Crippen LogP contribution in [0.3, 0.4) is 0 Å². The molecule has 1 saturated carbocycles. The van der Waals surface area contributed by atoms with Crippen LogP contribution in [0, 0.1) is 5.41 Å². The third kappa shape index (κ3) is 3.58. The van der Waals surface area contributed by atoms with Crippen LogP contribution in [0.2, 0.25) is 0 Å². The third-order valence-electron chi connectivity index (χ3n) is 4.27. The first-order valence-corrected chi connectivity index (χ1v) is 7.88. The van der Waals surface area contributed by atoms with Crippen molar-refractivity contribution in [3.05, 3.63) is 34.3 Å². The van der Waals surface area contributed by atoms with Crippen molar-refractivity contribution in [2.24, 2.45) is 5.41 Å². The molecule has 0 spiro atoms. The highest BCUT2D eigenvalue weighted by molar-refractivity contribution is 9.10. The van der Waals surface area contributed by atoms with Crippen LogP contribution in [0.4, 0.5) is 0 Å².